The minimum atomic E-state index is -3.76. The molecule has 0 radical (unpaired) electrons. The summed E-state index contributed by atoms with van der Waals surface area (Å²) in [6.45, 7) is 0.362. The molecule has 1 aromatic carbocycles. The number of hydrogen-bond acceptors (Lipinski definition) is 5. The van der Waals surface area contributed by atoms with Crippen LogP contribution in [0.2, 0.25) is 0 Å². The average molecular weight is 467 g/mol. The maximum atomic E-state index is 14.8. The average Bonchev–Trinajstić information content (AvgIpc) is 3.61. The summed E-state index contributed by atoms with van der Waals surface area (Å²) in [5, 5.41) is 8.84. The number of carbonyl (C=O) groups is 2. The van der Waals surface area contributed by atoms with E-state index in [9.17, 15) is 27.5 Å². The minimum absolute atomic E-state index is 0.0129. The Morgan fingerprint density at radius 1 is 1.09 bits per heavy atom. The maximum absolute atomic E-state index is 14.8. The van der Waals surface area contributed by atoms with Crippen LogP contribution < -0.4 is 9.46 Å². The van der Waals surface area contributed by atoms with Crippen molar-refractivity contribution in [1.82, 2.24) is 9.62 Å². The van der Waals surface area contributed by atoms with Crippen molar-refractivity contribution in [3.8, 4) is 5.75 Å². The highest BCUT2D eigenvalue weighted by molar-refractivity contribution is 7.91. The van der Waals surface area contributed by atoms with Gasteiger partial charge in [-0.25, -0.2) is 22.3 Å². The van der Waals surface area contributed by atoms with E-state index in [2.05, 4.69) is 0 Å². The van der Waals surface area contributed by atoms with Crippen LogP contribution in [0.25, 0.3) is 0 Å². The van der Waals surface area contributed by atoms with Gasteiger partial charge < -0.3 is 14.7 Å². The molecule has 32 heavy (non-hydrogen) atoms. The SMILES string of the molecule is O=C(NS(=O)(=O)C1CC1)c1cc(C2CC2)c(OCC2CC3CCC(C2)N3C(=O)O)cc1F. The first-order chi connectivity index (χ1) is 15.2. The second-order valence-corrected chi connectivity index (χ2v) is 11.5. The molecule has 4 fully saturated rings. The molecule has 8 nitrogen and oxygen atoms in total. The van der Waals surface area contributed by atoms with E-state index in [-0.39, 0.29) is 29.5 Å². The third-order valence-electron chi connectivity index (χ3n) is 7.09. The molecule has 2 bridgehead atoms. The Kier molecular flexibility index (Phi) is 5.30. The van der Waals surface area contributed by atoms with Crippen LogP contribution in [0.3, 0.4) is 0 Å². The number of carboxylic acid groups (broad SMARTS) is 1. The molecule has 2 saturated heterocycles. The molecule has 2 heterocycles. The fraction of sp³-hybridized carbons (Fsp3) is 0.636. The van der Waals surface area contributed by atoms with E-state index in [4.69, 9.17) is 4.74 Å². The number of rotatable bonds is 7. The molecule has 10 heteroatoms. The molecule has 0 spiro atoms. The zero-order valence-electron chi connectivity index (χ0n) is 17.6. The van der Waals surface area contributed by atoms with Gasteiger partial charge in [0.2, 0.25) is 10.0 Å². The summed E-state index contributed by atoms with van der Waals surface area (Å²) in [5.74, 6) is -1.01. The van der Waals surface area contributed by atoms with E-state index in [1.165, 1.54) is 12.1 Å². The van der Waals surface area contributed by atoms with Gasteiger partial charge in [-0.2, -0.15) is 0 Å². The van der Waals surface area contributed by atoms with E-state index < -0.39 is 33.1 Å². The van der Waals surface area contributed by atoms with Crippen LogP contribution in [-0.4, -0.2) is 54.4 Å². The molecule has 1 aromatic rings. The number of fused-ring (bicyclic) bond motifs is 2. The third kappa shape index (κ3) is 4.16. The smallest absolute Gasteiger partial charge is 0.407 e. The van der Waals surface area contributed by atoms with E-state index in [0.717, 1.165) is 44.1 Å². The number of hydrogen-bond donors (Lipinski definition) is 2. The standard InChI is InChI=1S/C22H27FN2O6S/c23-19-10-20(31-11-12-7-14-3-4-15(8-12)25(14)22(27)28)17(13-1-2-13)9-18(19)21(26)24-32(29,30)16-5-6-16/h9-10,12-16H,1-8,11H2,(H,24,26)(H,27,28). The maximum Gasteiger partial charge on any atom is 0.407 e. The zero-order valence-corrected chi connectivity index (χ0v) is 18.4. The lowest BCUT2D eigenvalue weighted by Crippen LogP contribution is -2.46. The van der Waals surface area contributed by atoms with Gasteiger partial charge in [-0.05, 0) is 74.8 Å². The Morgan fingerprint density at radius 2 is 1.75 bits per heavy atom. The monoisotopic (exact) mass is 466 g/mol. The van der Waals surface area contributed by atoms with Crippen LogP contribution in [-0.2, 0) is 10.0 Å². The minimum Gasteiger partial charge on any atom is -0.493 e. The second-order valence-electron chi connectivity index (χ2n) is 9.54. The number of sulfonamides is 1. The molecular weight excluding hydrogens is 439 g/mol. The fourth-order valence-corrected chi connectivity index (χ4v) is 6.47. The summed E-state index contributed by atoms with van der Waals surface area (Å²) in [6.07, 6.45) is 5.15. The van der Waals surface area contributed by atoms with Crippen molar-refractivity contribution in [3.05, 3.63) is 29.1 Å². The van der Waals surface area contributed by atoms with Crippen molar-refractivity contribution in [3.63, 3.8) is 0 Å². The van der Waals surface area contributed by atoms with Gasteiger partial charge in [0.1, 0.15) is 11.6 Å². The summed E-state index contributed by atoms with van der Waals surface area (Å²) in [7, 11) is -3.76. The van der Waals surface area contributed by atoms with E-state index in [1.54, 1.807) is 4.90 Å². The van der Waals surface area contributed by atoms with Gasteiger partial charge in [-0.3, -0.25) is 4.79 Å². The summed E-state index contributed by atoms with van der Waals surface area (Å²) < 4.78 is 46.9. The summed E-state index contributed by atoms with van der Waals surface area (Å²) in [6, 6.07) is 2.64. The zero-order chi connectivity index (χ0) is 22.6. The first-order valence-corrected chi connectivity index (χ1v) is 12.8. The topological polar surface area (TPSA) is 113 Å². The number of amides is 2. The summed E-state index contributed by atoms with van der Waals surface area (Å²) in [4.78, 5) is 25.5. The number of piperidine rings is 1. The highest BCUT2D eigenvalue weighted by Crippen LogP contribution is 2.46. The predicted octanol–water partition coefficient (Wildman–Crippen LogP) is 3.22. The van der Waals surface area contributed by atoms with E-state index in [0.29, 0.717) is 25.2 Å². The Hall–Kier alpha value is -2.36. The van der Waals surface area contributed by atoms with Gasteiger partial charge in [-0.15, -0.1) is 0 Å². The Labute approximate surface area is 186 Å². The summed E-state index contributed by atoms with van der Waals surface area (Å²) in [5.41, 5.74) is 0.447. The molecule has 174 valence electrons. The molecule has 0 aromatic heterocycles. The fourth-order valence-electron chi connectivity index (χ4n) is 5.18. The molecular formula is C22H27FN2O6S. The Bertz CT molecular complexity index is 1040. The lowest BCUT2D eigenvalue weighted by atomic mass is 9.91. The quantitative estimate of drug-likeness (QED) is 0.638. The van der Waals surface area contributed by atoms with Gasteiger partial charge in [0.05, 0.1) is 17.4 Å². The van der Waals surface area contributed by atoms with E-state index >= 15 is 0 Å². The largest absolute Gasteiger partial charge is 0.493 e. The van der Waals surface area contributed by atoms with Gasteiger partial charge >= 0.3 is 6.09 Å². The van der Waals surface area contributed by atoms with Crippen molar-refractivity contribution in [1.29, 1.82) is 0 Å². The van der Waals surface area contributed by atoms with Crippen LogP contribution in [0.1, 0.15) is 73.2 Å². The highest BCUT2D eigenvalue weighted by atomic mass is 32.2. The Morgan fingerprint density at radius 3 is 2.31 bits per heavy atom. The number of halogens is 1. The van der Waals surface area contributed by atoms with Crippen molar-refractivity contribution < 1.29 is 32.2 Å². The summed E-state index contributed by atoms with van der Waals surface area (Å²) >= 11 is 0. The van der Waals surface area contributed by atoms with Crippen molar-refractivity contribution in [2.75, 3.05) is 6.61 Å². The van der Waals surface area contributed by atoms with Crippen LogP contribution in [0.5, 0.6) is 5.75 Å². The molecule has 2 atom stereocenters. The van der Waals surface area contributed by atoms with Crippen LogP contribution in [0, 0.1) is 11.7 Å². The third-order valence-corrected chi connectivity index (χ3v) is 8.90. The number of benzene rings is 1. The van der Waals surface area contributed by atoms with Crippen molar-refractivity contribution >= 4 is 22.0 Å². The van der Waals surface area contributed by atoms with Crippen LogP contribution >= 0.6 is 0 Å². The molecule has 2 unspecified atom stereocenters. The van der Waals surface area contributed by atoms with Crippen LogP contribution in [0.15, 0.2) is 12.1 Å². The van der Waals surface area contributed by atoms with Crippen LogP contribution in [0.4, 0.5) is 9.18 Å². The van der Waals surface area contributed by atoms with Crippen molar-refractivity contribution in [2.45, 2.75) is 74.6 Å². The van der Waals surface area contributed by atoms with Gasteiger partial charge in [0.15, 0.2) is 0 Å². The van der Waals surface area contributed by atoms with Gasteiger partial charge in [-0.1, -0.05) is 0 Å². The predicted molar refractivity (Wildman–Crippen MR) is 113 cm³/mol. The van der Waals surface area contributed by atoms with Gasteiger partial charge in [0, 0.05) is 18.2 Å². The normalized spacial score (nSPS) is 27.3. The number of nitrogens with one attached hydrogen (secondary N) is 1. The first kappa shape index (κ1) is 21.5. The van der Waals surface area contributed by atoms with Gasteiger partial charge in [0.25, 0.3) is 5.91 Å². The molecule has 2 aliphatic carbocycles. The number of carbonyl (C=O) groups excluding carboxylic acids is 1. The number of ether oxygens (including phenoxy) is 1. The first-order valence-electron chi connectivity index (χ1n) is 11.3. The number of nitrogens with zero attached hydrogens (tertiary/aromatic N) is 1. The Balaban J connectivity index is 1.29. The molecule has 5 rings (SSSR count). The molecule has 2 saturated carbocycles. The highest BCUT2D eigenvalue weighted by Gasteiger charge is 2.43. The second kappa shape index (κ2) is 7.90. The lowest BCUT2D eigenvalue weighted by molar-refractivity contribution is 0.0711. The molecule has 4 aliphatic rings. The molecule has 2 aliphatic heterocycles. The van der Waals surface area contributed by atoms with E-state index in [1.807, 2.05) is 4.72 Å². The lowest BCUT2D eigenvalue weighted by Gasteiger charge is -2.37. The van der Waals surface area contributed by atoms with Crippen molar-refractivity contribution in [2.24, 2.45) is 5.92 Å². The molecule has 2 amide bonds. The molecule has 2 N–H and O–H groups in total.